The first kappa shape index (κ1) is 17.8. The molecule has 1 aromatic carbocycles. The minimum Gasteiger partial charge on any atom is -0.486 e. The van der Waals surface area contributed by atoms with Crippen molar-refractivity contribution in [3.63, 3.8) is 0 Å². The lowest BCUT2D eigenvalue weighted by molar-refractivity contribution is -0.150. The van der Waals surface area contributed by atoms with Crippen molar-refractivity contribution in [1.82, 2.24) is 4.90 Å². The van der Waals surface area contributed by atoms with E-state index in [1.807, 2.05) is 35.2 Å². The third-order valence-electron chi connectivity index (χ3n) is 5.39. The number of rotatable bonds is 4. The van der Waals surface area contributed by atoms with Crippen LogP contribution in [0.1, 0.15) is 24.2 Å². The van der Waals surface area contributed by atoms with Gasteiger partial charge in [-0.25, -0.2) is 4.79 Å². The van der Waals surface area contributed by atoms with Gasteiger partial charge in [-0.1, -0.05) is 30.3 Å². The summed E-state index contributed by atoms with van der Waals surface area (Å²) in [6, 6.07) is 13.0. The van der Waals surface area contributed by atoms with Crippen LogP contribution < -0.4 is 10.4 Å². The van der Waals surface area contributed by atoms with Crippen LogP contribution in [0, 0.1) is 6.92 Å². The predicted octanol–water partition coefficient (Wildman–Crippen LogP) is 2.29. The molecule has 1 amide bonds. The van der Waals surface area contributed by atoms with Gasteiger partial charge >= 0.3 is 5.63 Å². The number of likely N-dealkylation sites (tertiary alicyclic amines) is 1. The van der Waals surface area contributed by atoms with E-state index in [-0.39, 0.29) is 12.0 Å². The topological polar surface area (TPSA) is 69.0 Å². The molecule has 0 bridgehead atoms. The summed E-state index contributed by atoms with van der Waals surface area (Å²) in [6.45, 7) is 3.93. The van der Waals surface area contributed by atoms with Crippen molar-refractivity contribution in [2.75, 3.05) is 26.3 Å². The van der Waals surface area contributed by atoms with Crippen molar-refractivity contribution in [2.24, 2.45) is 0 Å². The number of hydrogen-bond acceptors (Lipinski definition) is 5. The van der Waals surface area contributed by atoms with Gasteiger partial charge in [-0.05, 0) is 25.3 Å². The Morgan fingerprint density at radius 1 is 1.15 bits per heavy atom. The molecule has 2 aliphatic heterocycles. The molecule has 27 heavy (non-hydrogen) atoms. The fraction of sp³-hybridized carbons (Fsp3) is 0.429. The van der Waals surface area contributed by atoms with Gasteiger partial charge in [0.2, 0.25) is 5.91 Å². The Morgan fingerprint density at radius 3 is 2.52 bits per heavy atom. The molecule has 0 atom stereocenters. The van der Waals surface area contributed by atoms with Gasteiger partial charge in [0, 0.05) is 19.3 Å². The van der Waals surface area contributed by atoms with Crippen molar-refractivity contribution in [3.8, 4) is 5.75 Å². The molecule has 2 aliphatic rings. The summed E-state index contributed by atoms with van der Waals surface area (Å²) >= 11 is 0. The van der Waals surface area contributed by atoms with E-state index in [0.29, 0.717) is 50.7 Å². The first-order valence-corrected chi connectivity index (χ1v) is 9.28. The van der Waals surface area contributed by atoms with E-state index < -0.39 is 11.0 Å². The third-order valence-corrected chi connectivity index (χ3v) is 5.39. The average molecular weight is 369 g/mol. The van der Waals surface area contributed by atoms with Crippen molar-refractivity contribution < 1.29 is 18.7 Å². The normalized spacial score (nSPS) is 19.4. The third kappa shape index (κ3) is 3.49. The summed E-state index contributed by atoms with van der Waals surface area (Å²) in [5.74, 6) is 1.14. The lowest BCUT2D eigenvalue weighted by Crippen LogP contribution is -2.61. The highest BCUT2D eigenvalue weighted by molar-refractivity contribution is 5.89. The van der Waals surface area contributed by atoms with Crippen molar-refractivity contribution in [2.45, 2.75) is 31.3 Å². The maximum Gasteiger partial charge on any atom is 0.339 e. The second-order valence-electron chi connectivity index (χ2n) is 7.23. The molecular formula is C21H23NO5. The van der Waals surface area contributed by atoms with Gasteiger partial charge in [0.25, 0.3) is 0 Å². The van der Waals surface area contributed by atoms with Crippen molar-refractivity contribution in [1.29, 1.82) is 0 Å². The Labute approximate surface area is 157 Å². The standard InChI is InChI=1S/C21H23NO5/c1-15-11-17(12-19(23)26-15)27-18-13-22(14-18)20(24)21(7-9-25-10-8-21)16-5-3-2-4-6-16/h2-6,11-12,18H,7-10,13-14H2,1H3. The number of carbonyl (C=O) groups excluding carboxylic acids is 1. The van der Waals surface area contributed by atoms with E-state index in [1.165, 1.54) is 6.07 Å². The molecule has 0 unspecified atom stereocenters. The van der Waals surface area contributed by atoms with Gasteiger partial charge in [-0.2, -0.15) is 0 Å². The molecule has 3 heterocycles. The van der Waals surface area contributed by atoms with E-state index in [4.69, 9.17) is 13.9 Å². The van der Waals surface area contributed by atoms with Gasteiger partial charge in [0.1, 0.15) is 17.6 Å². The van der Waals surface area contributed by atoms with Gasteiger partial charge in [-0.3, -0.25) is 4.79 Å². The molecule has 2 saturated heterocycles. The largest absolute Gasteiger partial charge is 0.486 e. The zero-order valence-corrected chi connectivity index (χ0v) is 15.3. The van der Waals surface area contributed by atoms with Crippen molar-refractivity contribution in [3.05, 3.63) is 64.2 Å². The highest BCUT2D eigenvalue weighted by Crippen LogP contribution is 2.38. The molecule has 142 valence electrons. The van der Waals surface area contributed by atoms with Crippen LogP contribution in [0.2, 0.25) is 0 Å². The van der Waals surface area contributed by atoms with E-state index in [9.17, 15) is 9.59 Å². The summed E-state index contributed by atoms with van der Waals surface area (Å²) in [6.07, 6.45) is 1.27. The number of hydrogen-bond donors (Lipinski definition) is 0. The Morgan fingerprint density at radius 2 is 1.85 bits per heavy atom. The molecule has 4 rings (SSSR count). The number of ether oxygens (including phenoxy) is 2. The van der Waals surface area contributed by atoms with Crippen LogP contribution >= 0.6 is 0 Å². The Bertz CT molecular complexity index is 864. The molecule has 0 spiro atoms. The SMILES string of the molecule is Cc1cc(OC2CN(C(=O)C3(c4ccccc4)CCOCC3)C2)cc(=O)o1. The van der Waals surface area contributed by atoms with E-state index in [1.54, 1.807) is 13.0 Å². The fourth-order valence-electron chi connectivity index (χ4n) is 3.92. The zero-order valence-electron chi connectivity index (χ0n) is 15.3. The molecule has 0 aliphatic carbocycles. The quantitative estimate of drug-likeness (QED) is 0.827. The highest BCUT2D eigenvalue weighted by atomic mass is 16.5. The van der Waals surface area contributed by atoms with E-state index in [2.05, 4.69) is 0 Å². The van der Waals surface area contributed by atoms with Gasteiger partial charge in [0.15, 0.2) is 0 Å². The number of aryl methyl sites for hydroxylation is 1. The zero-order chi connectivity index (χ0) is 18.9. The summed E-state index contributed by atoms with van der Waals surface area (Å²) in [4.78, 5) is 26.7. The first-order valence-electron chi connectivity index (χ1n) is 9.28. The average Bonchev–Trinajstić information content (AvgIpc) is 2.64. The smallest absolute Gasteiger partial charge is 0.339 e. The monoisotopic (exact) mass is 369 g/mol. The molecule has 0 N–H and O–H groups in total. The number of benzene rings is 1. The Hall–Kier alpha value is -2.60. The van der Waals surface area contributed by atoms with Crippen LogP contribution in [0.15, 0.2) is 51.7 Å². The second-order valence-corrected chi connectivity index (χ2v) is 7.23. The maximum atomic E-state index is 13.4. The number of carbonyl (C=O) groups is 1. The minimum absolute atomic E-state index is 0.109. The van der Waals surface area contributed by atoms with E-state index in [0.717, 1.165) is 5.56 Å². The molecule has 1 aromatic heterocycles. The van der Waals surface area contributed by atoms with Crippen LogP contribution in [0.4, 0.5) is 0 Å². The molecule has 6 heteroatoms. The summed E-state index contributed by atoms with van der Waals surface area (Å²) < 4.78 is 16.3. The van der Waals surface area contributed by atoms with Gasteiger partial charge < -0.3 is 18.8 Å². The number of nitrogens with zero attached hydrogens (tertiary/aromatic N) is 1. The number of amides is 1. The first-order chi connectivity index (χ1) is 13.1. The van der Waals surface area contributed by atoms with E-state index >= 15 is 0 Å². The van der Waals surface area contributed by atoms with Gasteiger partial charge in [-0.15, -0.1) is 0 Å². The Kier molecular flexibility index (Phi) is 4.74. The molecule has 0 saturated carbocycles. The predicted molar refractivity (Wildman–Crippen MR) is 98.9 cm³/mol. The molecule has 2 aromatic rings. The van der Waals surface area contributed by atoms with Crippen LogP contribution in [0.3, 0.4) is 0 Å². The molecule has 2 fully saturated rings. The molecule has 0 radical (unpaired) electrons. The lowest BCUT2D eigenvalue weighted by atomic mass is 9.72. The van der Waals surface area contributed by atoms with Crippen LogP contribution in [-0.2, 0) is 14.9 Å². The Balaban J connectivity index is 1.46. The maximum absolute atomic E-state index is 13.4. The summed E-state index contributed by atoms with van der Waals surface area (Å²) in [5.41, 5.74) is 0.107. The van der Waals surface area contributed by atoms with Crippen LogP contribution in [-0.4, -0.2) is 43.2 Å². The summed E-state index contributed by atoms with van der Waals surface area (Å²) in [7, 11) is 0. The van der Waals surface area contributed by atoms with Crippen LogP contribution in [0.5, 0.6) is 5.75 Å². The summed E-state index contributed by atoms with van der Waals surface area (Å²) in [5, 5.41) is 0. The minimum atomic E-state index is -0.519. The second kappa shape index (κ2) is 7.19. The molecular weight excluding hydrogens is 346 g/mol. The lowest BCUT2D eigenvalue weighted by Gasteiger charge is -2.46. The fourth-order valence-corrected chi connectivity index (χ4v) is 3.92. The highest BCUT2D eigenvalue weighted by Gasteiger charge is 2.47. The van der Waals surface area contributed by atoms with Crippen molar-refractivity contribution >= 4 is 5.91 Å². The molecule has 6 nitrogen and oxygen atoms in total. The van der Waals surface area contributed by atoms with Gasteiger partial charge in [0.05, 0.1) is 24.6 Å². The van der Waals surface area contributed by atoms with Crippen LogP contribution in [0.25, 0.3) is 0 Å².